The first-order chi connectivity index (χ1) is 14.2. The SMILES string of the molecule is N#CC=C1CCN(c2ccc(N3CC(CNC(=O)C(Cl)(Cl)Cl)OC3=O)cc2F)CC1. The molecule has 2 amide bonds. The van der Waals surface area contributed by atoms with E-state index in [1.807, 2.05) is 11.0 Å². The summed E-state index contributed by atoms with van der Waals surface area (Å²) in [5.74, 6) is -1.28. The first kappa shape index (κ1) is 22.5. The third-order valence-corrected chi connectivity index (χ3v) is 5.39. The standard InChI is InChI=1S/C19H18Cl3FN4O3/c20-19(21,22)17(28)25-10-14-11-27(18(29)30-14)13-1-2-16(15(23)9-13)26-7-4-12(3-6-24)5-8-26/h1-3,9,14H,4-5,7-8,10-11H2,(H,25,28). The molecule has 7 nitrogen and oxygen atoms in total. The fourth-order valence-corrected chi connectivity index (χ4v) is 3.54. The van der Waals surface area contributed by atoms with Gasteiger partial charge in [0.05, 0.1) is 30.5 Å². The van der Waals surface area contributed by atoms with Gasteiger partial charge in [0.2, 0.25) is 0 Å². The lowest BCUT2D eigenvalue weighted by atomic mass is 10.0. The molecule has 2 heterocycles. The number of nitriles is 1. The molecule has 0 saturated carbocycles. The Morgan fingerprint density at radius 2 is 2.07 bits per heavy atom. The Balaban J connectivity index is 1.62. The average molecular weight is 476 g/mol. The zero-order chi connectivity index (χ0) is 21.9. The third kappa shape index (κ3) is 5.28. The van der Waals surface area contributed by atoms with Gasteiger partial charge in [0.25, 0.3) is 9.70 Å². The number of rotatable bonds is 4. The highest BCUT2D eigenvalue weighted by Crippen LogP contribution is 2.30. The summed E-state index contributed by atoms with van der Waals surface area (Å²) in [4.78, 5) is 27.0. The molecule has 30 heavy (non-hydrogen) atoms. The smallest absolute Gasteiger partial charge is 0.414 e. The van der Waals surface area contributed by atoms with Crippen molar-refractivity contribution in [1.82, 2.24) is 5.32 Å². The van der Waals surface area contributed by atoms with Crippen LogP contribution in [0.4, 0.5) is 20.6 Å². The summed E-state index contributed by atoms with van der Waals surface area (Å²) in [5, 5.41) is 11.1. The number of allylic oxidation sites excluding steroid dienone is 1. The maximum Gasteiger partial charge on any atom is 0.414 e. The van der Waals surface area contributed by atoms with Crippen LogP contribution < -0.4 is 15.1 Å². The number of carbonyl (C=O) groups is 2. The molecule has 1 atom stereocenters. The quantitative estimate of drug-likeness (QED) is 0.530. The first-order valence-corrected chi connectivity index (χ1v) is 10.3. The van der Waals surface area contributed by atoms with E-state index in [-0.39, 0.29) is 13.1 Å². The van der Waals surface area contributed by atoms with Crippen LogP contribution in [0.5, 0.6) is 0 Å². The number of halogens is 4. The van der Waals surface area contributed by atoms with E-state index in [0.29, 0.717) is 37.3 Å². The third-order valence-electron chi connectivity index (χ3n) is 4.88. The molecule has 0 spiro atoms. The van der Waals surface area contributed by atoms with E-state index in [1.165, 1.54) is 11.0 Å². The van der Waals surface area contributed by atoms with Crippen LogP contribution in [-0.2, 0) is 9.53 Å². The molecule has 0 aliphatic carbocycles. The second-order valence-electron chi connectivity index (χ2n) is 6.88. The molecule has 160 valence electrons. The van der Waals surface area contributed by atoms with Crippen molar-refractivity contribution in [2.75, 3.05) is 36.0 Å². The zero-order valence-electron chi connectivity index (χ0n) is 15.7. The largest absolute Gasteiger partial charge is 0.442 e. The fourth-order valence-electron chi connectivity index (χ4n) is 3.34. The molecule has 1 unspecified atom stereocenters. The Labute approximate surface area is 187 Å². The van der Waals surface area contributed by atoms with Gasteiger partial charge in [0.1, 0.15) is 11.9 Å². The summed E-state index contributed by atoms with van der Waals surface area (Å²) in [6.45, 7) is 1.30. The lowest BCUT2D eigenvalue weighted by molar-refractivity contribution is -0.120. The molecule has 1 aromatic rings. The van der Waals surface area contributed by atoms with Crippen molar-refractivity contribution in [1.29, 1.82) is 5.26 Å². The number of anilines is 2. The predicted molar refractivity (Wildman–Crippen MR) is 112 cm³/mol. The zero-order valence-corrected chi connectivity index (χ0v) is 18.0. The Morgan fingerprint density at radius 3 is 2.67 bits per heavy atom. The minimum Gasteiger partial charge on any atom is -0.442 e. The van der Waals surface area contributed by atoms with Gasteiger partial charge in [0, 0.05) is 19.2 Å². The van der Waals surface area contributed by atoms with Crippen LogP contribution in [0.1, 0.15) is 12.8 Å². The van der Waals surface area contributed by atoms with E-state index < -0.39 is 27.7 Å². The van der Waals surface area contributed by atoms with Gasteiger partial charge in [-0.15, -0.1) is 0 Å². The normalized spacial score (nSPS) is 19.4. The van der Waals surface area contributed by atoms with E-state index in [9.17, 15) is 14.0 Å². The van der Waals surface area contributed by atoms with Crippen molar-refractivity contribution >= 4 is 58.2 Å². The second kappa shape index (κ2) is 9.29. The number of amides is 2. The van der Waals surface area contributed by atoms with Crippen LogP contribution in [0.25, 0.3) is 0 Å². The summed E-state index contributed by atoms with van der Waals surface area (Å²) in [5.41, 5.74) is 1.84. The Kier molecular flexibility index (Phi) is 6.96. The van der Waals surface area contributed by atoms with Gasteiger partial charge in [-0.25, -0.2) is 9.18 Å². The van der Waals surface area contributed by atoms with Gasteiger partial charge >= 0.3 is 6.09 Å². The van der Waals surface area contributed by atoms with Crippen molar-refractivity contribution < 1.29 is 18.7 Å². The van der Waals surface area contributed by atoms with E-state index in [0.717, 1.165) is 5.57 Å². The van der Waals surface area contributed by atoms with Crippen LogP contribution in [-0.4, -0.2) is 48.1 Å². The number of alkyl halides is 3. The van der Waals surface area contributed by atoms with Gasteiger partial charge in [-0.3, -0.25) is 9.69 Å². The molecular formula is C19H18Cl3FN4O3. The molecule has 1 N–H and O–H groups in total. The lowest BCUT2D eigenvalue weighted by Gasteiger charge is -2.30. The molecule has 3 rings (SSSR count). The molecular weight excluding hydrogens is 458 g/mol. The van der Waals surface area contributed by atoms with Crippen LogP contribution in [0.3, 0.4) is 0 Å². The number of cyclic esters (lactones) is 1. The topological polar surface area (TPSA) is 85.7 Å². The number of hydrogen-bond donors (Lipinski definition) is 1. The Hall–Kier alpha value is -2.21. The van der Waals surface area contributed by atoms with Gasteiger partial charge in [-0.2, -0.15) is 5.26 Å². The minimum absolute atomic E-state index is 0.0398. The molecule has 0 aromatic heterocycles. The molecule has 2 aliphatic heterocycles. The number of benzene rings is 1. The predicted octanol–water partition coefficient (Wildman–Crippen LogP) is 3.69. The number of hydrogen-bond acceptors (Lipinski definition) is 5. The minimum atomic E-state index is -2.11. The maximum atomic E-state index is 14.8. The van der Waals surface area contributed by atoms with Crippen molar-refractivity contribution in [3.05, 3.63) is 35.7 Å². The monoisotopic (exact) mass is 474 g/mol. The first-order valence-electron chi connectivity index (χ1n) is 9.14. The van der Waals surface area contributed by atoms with Crippen LogP contribution in [0.15, 0.2) is 29.8 Å². The van der Waals surface area contributed by atoms with E-state index in [4.69, 9.17) is 44.8 Å². The summed E-state index contributed by atoms with van der Waals surface area (Å²) in [6.07, 6.45) is 1.63. The number of nitrogens with one attached hydrogen (secondary N) is 1. The average Bonchev–Trinajstić information content (AvgIpc) is 3.07. The summed E-state index contributed by atoms with van der Waals surface area (Å²) < 4.78 is 17.8. The molecule has 2 saturated heterocycles. The van der Waals surface area contributed by atoms with Crippen LogP contribution in [0, 0.1) is 17.1 Å². The Bertz CT molecular complexity index is 903. The maximum absolute atomic E-state index is 14.8. The van der Waals surface area contributed by atoms with Gasteiger partial charge < -0.3 is 15.0 Å². The highest BCUT2D eigenvalue weighted by Gasteiger charge is 2.35. The number of ether oxygens (including phenoxy) is 1. The van der Waals surface area contributed by atoms with E-state index in [2.05, 4.69) is 5.32 Å². The number of nitrogens with zero attached hydrogens (tertiary/aromatic N) is 3. The Morgan fingerprint density at radius 1 is 1.37 bits per heavy atom. The van der Waals surface area contributed by atoms with Gasteiger partial charge in [-0.05, 0) is 31.0 Å². The fraction of sp³-hybridized carbons (Fsp3) is 0.421. The molecule has 11 heteroatoms. The molecule has 2 aliphatic rings. The van der Waals surface area contributed by atoms with E-state index in [1.54, 1.807) is 18.2 Å². The highest BCUT2D eigenvalue weighted by molar-refractivity contribution is 6.76. The van der Waals surface area contributed by atoms with Crippen molar-refractivity contribution in [3.8, 4) is 6.07 Å². The number of piperidine rings is 1. The molecule has 1 aromatic carbocycles. The number of carbonyl (C=O) groups excluding carboxylic acids is 2. The van der Waals surface area contributed by atoms with Crippen molar-refractivity contribution in [2.45, 2.75) is 22.7 Å². The second-order valence-corrected chi connectivity index (χ2v) is 9.16. The molecule has 0 bridgehead atoms. The lowest BCUT2D eigenvalue weighted by Crippen LogP contribution is -2.40. The van der Waals surface area contributed by atoms with Gasteiger partial charge in [0.15, 0.2) is 0 Å². The van der Waals surface area contributed by atoms with Crippen molar-refractivity contribution in [3.63, 3.8) is 0 Å². The van der Waals surface area contributed by atoms with Crippen LogP contribution in [0.2, 0.25) is 0 Å². The molecule has 0 radical (unpaired) electrons. The van der Waals surface area contributed by atoms with Crippen molar-refractivity contribution in [2.24, 2.45) is 0 Å². The van der Waals surface area contributed by atoms with Gasteiger partial charge in [-0.1, -0.05) is 40.4 Å². The summed E-state index contributed by atoms with van der Waals surface area (Å²) in [7, 11) is 0. The molecule has 2 fully saturated rings. The summed E-state index contributed by atoms with van der Waals surface area (Å²) in [6, 6.07) is 6.56. The summed E-state index contributed by atoms with van der Waals surface area (Å²) >= 11 is 16.4. The highest BCUT2D eigenvalue weighted by atomic mass is 35.6. The van der Waals surface area contributed by atoms with Crippen LogP contribution >= 0.6 is 34.8 Å². The van der Waals surface area contributed by atoms with E-state index >= 15 is 0 Å².